The van der Waals surface area contributed by atoms with E-state index in [2.05, 4.69) is 35.6 Å². The molecule has 0 saturated heterocycles. The zero-order chi connectivity index (χ0) is 10.6. The van der Waals surface area contributed by atoms with Gasteiger partial charge in [0.2, 0.25) is 0 Å². The molecule has 0 fully saturated rings. The summed E-state index contributed by atoms with van der Waals surface area (Å²) >= 11 is 0. The molecule has 3 nitrogen and oxygen atoms in total. The third kappa shape index (κ3) is 2.58. The van der Waals surface area contributed by atoms with Crippen molar-refractivity contribution in [2.24, 2.45) is 7.05 Å². The molecule has 0 aliphatic carbocycles. The van der Waals surface area contributed by atoms with Gasteiger partial charge in [-0.25, -0.2) is 4.98 Å². The number of aromatic nitrogens is 2. The lowest BCUT2D eigenvalue weighted by molar-refractivity contribution is 0.324. The molecule has 0 saturated carbocycles. The van der Waals surface area contributed by atoms with Gasteiger partial charge in [0.25, 0.3) is 0 Å². The molecule has 1 heterocycles. The van der Waals surface area contributed by atoms with Crippen molar-refractivity contribution in [1.82, 2.24) is 14.9 Å². The van der Waals surface area contributed by atoms with E-state index in [4.69, 9.17) is 0 Å². The van der Waals surface area contributed by atoms with Gasteiger partial charge in [-0.3, -0.25) is 0 Å². The van der Waals surface area contributed by atoms with Gasteiger partial charge in [0.05, 0.1) is 6.54 Å². The average Bonchev–Trinajstić information content (AvgIpc) is 2.61. The van der Waals surface area contributed by atoms with Crippen LogP contribution in [0.1, 0.15) is 39.4 Å². The molecular weight excluding hydrogens is 174 g/mol. The first-order valence-electron chi connectivity index (χ1n) is 5.32. The first-order valence-corrected chi connectivity index (χ1v) is 5.32. The lowest BCUT2D eigenvalue weighted by Gasteiger charge is -2.28. The summed E-state index contributed by atoms with van der Waals surface area (Å²) in [4.78, 5) is 4.29. The molecule has 80 valence electrons. The zero-order valence-electron chi connectivity index (χ0n) is 9.67. The molecule has 0 atom stereocenters. The highest BCUT2D eigenvalue weighted by Gasteiger charge is 2.18. The third-order valence-corrected chi connectivity index (χ3v) is 3.15. The number of nitrogens with one attached hydrogen (secondary N) is 1. The Morgan fingerprint density at radius 3 is 2.50 bits per heavy atom. The van der Waals surface area contributed by atoms with Crippen LogP contribution in [0.2, 0.25) is 0 Å². The highest BCUT2D eigenvalue weighted by molar-refractivity contribution is 4.92. The maximum absolute atomic E-state index is 4.29. The van der Waals surface area contributed by atoms with Crippen molar-refractivity contribution in [2.75, 3.05) is 0 Å². The third-order valence-electron chi connectivity index (χ3n) is 3.15. The minimum Gasteiger partial charge on any atom is -0.337 e. The maximum atomic E-state index is 4.29. The molecule has 0 amide bonds. The van der Waals surface area contributed by atoms with Gasteiger partial charge in [-0.2, -0.15) is 0 Å². The summed E-state index contributed by atoms with van der Waals surface area (Å²) in [6, 6.07) is 0. The lowest BCUT2D eigenvalue weighted by Crippen LogP contribution is -2.41. The molecule has 0 spiro atoms. The molecule has 0 aliphatic heterocycles. The summed E-state index contributed by atoms with van der Waals surface area (Å²) in [6.07, 6.45) is 6.11. The van der Waals surface area contributed by atoms with Gasteiger partial charge in [0, 0.05) is 25.0 Å². The fourth-order valence-electron chi connectivity index (χ4n) is 1.36. The Bertz CT molecular complexity index is 274. The SMILES string of the molecule is CCC(C)(CC)NCc1nccn1C. The minimum absolute atomic E-state index is 0.242. The quantitative estimate of drug-likeness (QED) is 0.779. The standard InChI is InChI=1S/C11H21N3/c1-5-11(3,6-2)13-9-10-12-7-8-14(10)4/h7-8,13H,5-6,9H2,1-4H3. The molecule has 1 rings (SSSR count). The molecule has 1 aromatic rings. The van der Waals surface area contributed by atoms with Crippen LogP contribution < -0.4 is 5.32 Å². The molecule has 0 unspecified atom stereocenters. The van der Waals surface area contributed by atoms with Gasteiger partial charge in [0.15, 0.2) is 0 Å². The molecule has 0 bridgehead atoms. The monoisotopic (exact) mass is 195 g/mol. The topological polar surface area (TPSA) is 29.9 Å². The van der Waals surface area contributed by atoms with Crippen molar-refractivity contribution in [3.8, 4) is 0 Å². The summed E-state index contributed by atoms with van der Waals surface area (Å²) in [7, 11) is 2.03. The second-order valence-corrected chi connectivity index (χ2v) is 4.08. The summed E-state index contributed by atoms with van der Waals surface area (Å²) in [5, 5.41) is 3.56. The van der Waals surface area contributed by atoms with E-state index in [1.807, 2.05) is 19.4 Å². The van der Waals surface area contributed by atoms with Crippen LogP contribution in [0.15, 0.2) is 12.4 Å². The van der Waals surface area contributed by atoms with E-state index in [1.54, 1.807) is 0 Å². The van der Waals surface area contributed by atoms with Crippen LogP contribution in [0.5, 0.6) is 0 Å². The predicted molar refractivity (Wildman–Crippen MR) is 59.0 cm³/mol. The number of hydrogen-bond acceptors (Lipinski definition) is 2. The van der Waals surface area contributed by atoms with Crippen molar-refractivity contribution in [3.63, 3.8) is 0 Å². The van der Waals surface area contributed by atoms with Gasteiger partial charge >= 0.3 is 0 Å². The van der Waals surface area contributed by atoms with Gasteiger partial charge in [0.1, 0.15) is 5.82 Å². The summed E-state index contributed by atoms with van der Waals surface area (Å²) in [6.45, 7) is 7.54. The van der Waals surface area contributed by atoms with Crippen LogP contribution >= 0.6 is 0 Å². The molecule has 14 heavy (non-hydrogen) atoms. The fraction of sp³-hybridized carbons (Fsp3) is 0.727. The second kappa shape index (κ2) is 4.60. The Kier molecular flexibility index (Phi) is 3.69. The number of hydrogen-bond donors (Lipinski definition) is 1. The van der Waals surface area contributed by atoms with Gasteiger partial charge in [-0.05, 0) is 19.8 Å². The van der Waals surface area contributed by atoms with Gasteiger partial charge in [-0.15, -0.1) is 0 Å². The van der Waals surface area contributed by atoms with Gasteiger partial charge < -0.3 is 9.88 Å². The van der Waals surface area contributed by atoms with E-state index in [1.165, 1.54) is 0 Å². The van der Waals surface area contributed by atoms with Crippen molar-refractivity contribution < 1.29 is 0 Å². The van der Waals surface area contributed by atoms with E-state index in [-0.39, 0.29) is 5.54 Å². The Morgan fingerprint density at radius 2 is 2.07 bits per heavy atom. The largest absolute Gasteiger partial charge is 0.337 e. The molecule has 0 radical (unpaired) electrons. The van der Waals surface area contributed by atoms with Gasteiger partial charge in [-0.1, -0.05) is 13.8 Å². The number of rotatable bonds is 5. The zero-order valence-corrected chi connectivity index (χ0v) is 9.67. The average molecular weight is 195 g/mol. The normalized spacial score (nSPS) is 12.0. The van der Waals surface area contributed by atoms with Crippen LogP contribution in [0.25, 0.3) is 0 Å². The number of imidazole rings is 1. The van der Waals surface area contributed by atoms with Crippen LogP contribution in [-0.2, 0) is 13.6 Å². The molecule has 1 aromatic heterocycles. The van der Waals surface area contributed by atoms with E-state index in [0.717, 1.165) is 25.2 Å². The highest BCUT2D eigenvalue weighted by Crippen LogP contribution is 2.14. The van der Waals surface area contributed by atoms with Crippen LogP contribution in [0.4, 0.5) is 0 Å². The molecule has 0 aliphatic rings. The van der Waals surface area contributed by atoms with Crippen LogP contribution in [-0.4, -0.2) is 15.1 Å². The Morgan fingerprint density at radius 1 is 1.43 bits per heavy atom. The summed E-state index contributed by atoms with van der Waals surface area (Å²) in [5.74, 6) is 1.10. The fourth-order valence-corrected chi connectivity index (χ4v) is 1.36. The summed E-state index contributed by atoms with van der Waals surface area (Å²) in [5.41, 5.74) is 0.242. The van der Waals surface area contributed by atoms with E-state index >= 15 is 0 Å². The summed E-state index contributed by atoms with van der Waals surface area (Å²) < 4.78 is 2.05. The van der Waals surface area contributed by atoms with Crippen molar-refractivity contribution in [1.29, 1.82) is 0 Å². The van der Waals surface area contributed by atoms with Crippen LogP contribution in [0.3, 0.4) is 0 Å². The maximum Gasteiger partial charge on any atom is 0.122 e. The minimum atomic E-state index is 0.242. The van der Waals surface area contributed by atoms with E-state index < -0.39 is 0 Å². The predicted octanol–water partition coefficient (Wildman–Crippen LogP) is 2.09. The van der Waals surface area contributed by atoms with Crippen molar-refractivity contribution in [3.05, 3.63) is 18.2 Å². The Balaban J connectivity index is 2.52. The molecule has 0 aromatic carbocycles. The molecule has 3 heteroatoms. The lowest BCUT2D eigenvalue weighted by atomic mass is 9.96. The molecule has 1 N–H and O–H groups in total. The first-order chi connectivity index (χ1) is 6.61. The molecular formula is C11H21N3. The Hall–Kier alpha value is -0.830. The second-order valence-electron chi connectivity index (χ2n) is 4.08. The van der Waals surface area contributed by atoms with Crippen LogP contribution in [0, 0.1) is 0 Å². The van der Waals surface area contributed by atoms with E-state index in [0.29, 0.717) is 0 Å². The number of aryl methyl sites for hydroxylation is 1. The van der Waals surface area contributed by atoms with Crippen molar-refractivity contribution in [2.45, 2.75) is 45.7 Å². The van der Waals surface area contributed by atoms with Crippen molar-refractivity contribution >= 4 is 0 Å². The highest BCUT2D eigenvalue weighted by atomic mass is 15.1. The van der Waals surface area contributed by atoms with E-state index in [9.17, 15) is 0 Å². The first kappa shape index (κ1) is 11.2. The number of nitrogens with zero attached hydrogens (tertiary/aromatic N) is 2. The Labute approximate surface area is 86.5 Å². The smallest absolute Gasteiger partial charge is 0.122 e.